The molecule has 0 saturated carbocycles. The van der Waals surface area contributed by atoms with Gasteiger partial charge in [0, 0.05) is 13.6 Å². The molecule has 1 aromatic rings. The van der Waals surface area contributed by atoms with Gasteiger partial charge in [-0.1, -0.05) is 27.7 Å². The highest BCUT2D eigenvalue weighted by Crippen LogP contribution is 2.23. The van der Waals surface area contributed by atoms with E-state index in [1.807, 2.05) is 22.6 Å². The Bertz CT molecular complexity index is 698. The summed E-state index contributed by atoms with van der Waals surface area (Å²) in [7, 11) is 0. The number of amides is 1. The number of hydrogen-bond donors (Lipinski definition) is 2. The van der Waals surface area contributed by atoms with Gasteiger partial charge in [0.15, 0.2) is 5.17 Å². The number of thioether (sulfide) groups is 1. The fourth-order valence-corrected chi connectivity index (χ4v) is 3.78. The molecule has 22 heavy (non-hydrogen) atoms. The summed E-state index contributed by atoms with van der Waals surface area (Å²) >= 11 is 6.16. The zero-order chi connectivity index (χ0) is 16.3. The second-order valence-electron chi connectivity index (χ2n) is 4.13. The van der Waals surface area contributed by atoms with Gasteiger partial charge in [0.05, 0.1) is 12.6 Å². The lowest BCUT2D eigenvalue weighted by Gasteiger charge is -2.00. The van der Waals surface area contributed by atoms with Crippen LogP contribution >= 0.6 is 50.3 Å². The first-order valence-electron chi connectivity index (χ1n) is 5.81. The molecule has 1 heterocycles. The number of rotatable bonds is 4. The maximum absolute atomic E-state index is 13.5. The van der Waals surface area contributed by atoms with Gasteiger partial charge in [0.25, 0.3) is 0 Å². The lowest BCUT2D eigenvalue weighted by molar-refractivity contribution is -0.138. The van der Waals surface area contributed by atoms with E-state index in [2.05, 4.69) is 31.4 Å². The number of carbonyl (C=O) groups is 2. The van der Waals surface area contributed by atoms with E-state index in [-0.39, 0.29) is 17.4 Å². The lowest BCUT2D eigenvalue weighted by Crippen LogP contribution is -2.26. The van der Waals surface area contributed by atoms with Crippen LogP contribution in [0.3, 0.4) is 0 Å². The van der Waals surface area contributed by atoms with E-state index in [9.17, 15) is 14.0 Å². The molecule has 2 rings (SSSR count). The smallest absolute Gasteiger partial charge is 0.305 e. The summed E-state index contributed by atoms with van der Waals surface area (Å²) in [6, 6.07) is 2.92. The van der Waals surface area contributed by atoms with Crippen LogP contribution < -0.4 is 5.32 Å². The van der Waals surface area contributed by atoms with E-state index in [0.717, 1.165) is 11.8 Å². The maximum Gasteiger partial charge on any atom is 0.305 e. The Kier molecular flexibility index (Phi) is 5.92. The average Bonchev–Trinajstić information content (AvgIpc) is 2.75. The predicted octanol–water partition coefficient (Wildman–Crippen LogP) is 2.59. The van der Waals surface area contributed by atoms with Crippen molar-refractivity contribution in [2.24, 2.45) is 10.2 Å². The molecule has 1 aliphatic heterocycles. The number of nitrogens with zero attached hydrogens (tertiary/aromatic N) is 2. The number of carbonyl (C=O) groups excluding carboxylic acids is 1. The second-order valence-corrected chi connectivity index (χ2v) is 7.34. The van der Waals surface area contributed by atoms with Crippen LogP contribution in [-0.2, 0) is 9.59 Å². The Balaban J connectivity index is 2.08. The number of hydrogen-bond acceptors (Lipinski definition) is 5. The number of amidine groups is 1. The van der Waals surface area contributed by atoms with Crippen molar-refractivity contribution in [2.45, 2.75) is 11.7 Å². The molecule has 0 aromatic heterocycles. The number of halogens is 3. The van der Waals surface area contributed by atoms with Crippen LogP contribution in [0.2, 0.25) is 0 Å². The molecule has 10 heteroatoms. The van der Waals surface area contributed by atoms with Crippen LogP contribution in [0.1, 0.15) is 12.0 Å². The van der Waals surface area contributed by atoms with Crippen molar-refractivity contribution < 1.29 is 19.1 Å². The normalized spacial score (nSPS) is 19.9. The molecule has 1 saturated heterocycles. The van der Waals surface area contributed by atoms with Crippen LogP contribution in [0, 0.1) is 9.39 Å². The molecule has 0 radical (unpaired) electrons. The third-order valence-corrected chi connectivity index (χ3v) is 5.11. The average molecular weight is 500 g/mol. The van der Waals surface area contributed by atoms with Crippen molar-refractivity contribution >= 4 is 73.5 Å². The van der Waals surface area contributed by atoms with Crippen molar-refractivity contribution in [1.29, 1.82) is 0 Å². The minimum atomic E-state index is -1.06. The Morgan fingerprint density at radius 2 is 2.32 bits per heavy atom. The fraction of sp³-hybridized carbons (Fsp3) is 0.167. The topological polar surface area (TPSA) is 91.1 Å². The van der Waals surface area contributed by atoms with Crippen LogP contribution in [0.15, 0.2) is 26.8 Å². The molecule has 0 bridgehead atoms. The van der Waals surface area contributed by atoms with Gasteiger partial charge in [-0.15, -0.1) is 5.10 Å². The highest BCUT2D eigenvalue weighted by Gasteiger charge is 2.32. The molecule has 116 valence electrons. The van der Waals surface area contributed by atoms with Gasteiger partial charge in [-0.3, -0.25) is 9.59 Å². The van der Waals surface area contributed by atoms with E-state index < -0.39 is 17.1 Å². The van der Waals surface area contributed by atoms with Gasteiger partial charge in [-0.2, -0.15) is 5.10 Å². The summed E-state index contributed by atoms with van der Waals surface area (Å²) in [5.41, 5.74) is 0.499. The van der Waals surface area contributed by atoms with E-state index in [4.69, 9.17) is 5.11 Å². The van der Waals surface area contributed by atoms with Crippen molar-refractivity contribution in [3.63, 3.8) is 0 Å². The first-order valence-corrected chi connectivity index (χ1v) is 8.57. The summed E-state index contributed by atoms with van der Waals surface area (Å²) in [4.78, 5) is 22.1. The molecule has 0 spiro atoms. The Labute approximate surface area is 150 Å². The lowest BCUT2D eigenvalue weighted by atomic mass is 10.2. The third kappa shape index (κ3) is 4.49. The van der Waals surface area contributed by atoms with Crippen molar-refractivity contribution in [1.82, 2.24) is 5.32 Å². The molecule has 0 aliphatic carbocycles. The molecule has 1 fully saturated rings. The standard InChI is InChI=1S/C12H8BrFIN3O3S/c13-6-2-8(15)7(14)1-5(6)4-16-18-12-17-11(21)9(22-12)3-10(19)20/h1-2,4,9H,3H2,(H,19,20)(H,17,18,21). The van der Waals surface area contributed by atoms with Gasteiger partial charge in [-0.25, -0.2) is 4.39 Å². The van der Waals surface area contributed by atoms with Gasteiger partial charge in [0.1, 0.15) is 11.1 Å². The van der Waals surface area contributed by atoms with E-state index in [1.54, 1.807) is 6.07 Å². The van der Waals surface area contributed by atoms with Gasteiger partial charge in [0.2, 0.25) is 5.91 Å². The molecular formula is C12H8BrFIN3O3S. The molecule has 1 amide bonds. The van der Waals surface area contributed by atoms with Gasteiger partial charge in [-0.05, 0) is 34.7 Å². The molecule has 1 aliphatic rings. The quantitative estimate of drug-likeness (QED) is 0.288. The Morgan fingerprint density at radius 3 is 3.00 bits per heavy atom. The summed E-state index contributed by atoms with van der Waals surface area (Å²) in [5, 5.41) is 18.2. The van der Waals surface area contributed by atoms with Gasteiger partial charge >= 0.3 is 5.97 Å². The zero-order valence-electron chi connectivity index (χ0n) is 10.7. The van der Waals surface area contributed by atoms with Crippen LogP contribution in [0.5, 0.6) is 0 Å². The van der Waals surface area contributed by atoms with Crippen molar-refractivity contribution in [2.75, 3.05) is 0 Å². The molecule has 2 N–H and O–H groups in total. The van der Waals surface area contributed by atoms with Crippen molar-refractivity contribution in [3.05, 3.63) is 31.6 Å². The summed E-state index contributed by atoms with van der Waals surface area (Å²) < 4.78 is 14.6. The summed E-state index contributed by atoms with van der Waals surface area (Å²) in [5.74, 6) is -1.85. The minimum Gasteiger partial charge on any atom is -0.481 e. The van der Waals surface area contributed by atoms with Gasteiger partial charge < -0.3 is 10.4 Å². The van der Waals surface area contributed by atoms with Crippen molar-refractivity contribution in [3.8, 4) is 0 Å². The number of carboxylic acids is 1. The first kappa shape index (κ1) is 17.3. The highest BCUT2D eigenvalue weighted by molar-refractivity contribution is 14.1. The van der Waals surface area contributed by atoms with E-state index >= 15 is 0 Å². The van der Waals surface area contributed by atoms with E-state index in [1.165, 1.54) is 12.3 Å². The van der Waals surface area contributed by atoms with Crippen LogP contribution in [-0.4, -0.2) is 33.6 Å². The molecule has 1 atom stereocenters. The molecule has 6 nitrogen and oxygen atoms in total. The van der Waals surface area contributed by atoms with Crippen LogP contribution in [0.4, 0.5) is 4.39 Å². The third-order valence-electron chi connectivity index (χ3n) is 2.52. The largest absolute Gasteiger partial charge is 0.481 e. The maximum atomic E-state index is 13.5. The highest BCUT2D eigenvalue weighted by atomic mass is 127. The predicted molar refractivity (Wildman–Crippen MR) is 93.6 cm³/mol. The second kappa shape index (κ2) is 7.51. The summed E-state index contributed by atoms with van der Waals surface area (Å²) in [6.07, 6.45) is 1.06. The number of nitrogens with one attached hydrogen (secondary N) is 1. The molecule has 1 aromatic carbocycles. The number of aliphatic carboxylic acids is 1. The molecular weight excluding hydrogens is 492 g/mol. The first-order chi connectivity index (χ1) is 10.4. The molecule has 1 unspecified atom stereocenters. The number of carboxylic acid groups (broad SMARTS) is 1. The zero-order valence-corrected chi connectivity index (χ0v) is 15.3. The Morgan fingerprint density at radius 1 is 1.59 bits per heavy atom. The minimum absolute atomic E-state index is 0.217. The van der Waals surface area contributed by atoms with E-state index in [0.29, 0.717) is 13.6 Å². The Hall–Kier alpha value is -1.01. The number of benzene rings is 1. The fourth-order valence-electron chi connectivity index (χ4n) is 1.53. The monoisotopic (exact) mass is 499 g/mol. The summed E-state index contributed by atoms with van der Waals surface area (Å²) in [6.45, 7) is 0. The SMILES string of the molecule is O=C(O)CC1SC(=NN=Cc2cc(F)c(I)cc2Br)NC1=O. The van der Waals surface area contributed by atoms with Crippen LogP contribution in [0.25, 0.3) is 0 Å².